The van der Waals surface area contributed by atoms with E-state index in [1.165, 1.54) is 11.3 Å². The molecule has 0 unspecified atom stereocenters. The number of benzene rings is 1. The first-order valence-electron chi connectivity index (χ1n) is 6.00. The van der Waals surface area contributed by atoms with Crippen molar-refractivity contribution >= 4 is 28.3 Å². The van der Waals surface area contributed by atoms with Gasteiger partial charge in [-0.2, -0.15) is 0 Å². The Kier molecular flexibility index (Phi) is 4.14. The minimum absolute atomic E-state index is 0.143. The van der Waals surface area contributed by atoms with Gasteiger partial charge in [-0.25, -0.2) is 4.98 Å². The van der Waals surface area contributed by atoms with Crippen molar-refractivity contribution in [1.82, 2.24) is 4.98 Å². The SMILES string of the molecule is Cc1ccc(C)c(C(=O)Nc2nc(CC(=O)O)cs2)c1. The van der Waals surface area contributed by atoms with Crippen LogP contribution in [-0.2, 0) is 11.2 Å². The number of rotatable bonds is 4. The van der Waals surface area contributed by atoms with Crippen LogP contribution in [-0.4, -0.2) is 22.0 Å². The van der Waals surface area contributed by atoms with Crippen LogP contribution >= 0.6 is 11.3 Å². The highest BCUT2D eigenvalue weighted by Gasteiger charge is 2.12. The monoisotopic (exact) mass is 290 g/mol. The lowest BCUT2D eigenvalue weighted by Crippen LogP contribution is -2.13. The van der Waals surface area contributed by atoms with Gasteiger partial charge in [0.15, 0.2) is 5.13 Å². The fourth-order valence-corrected chi connectivity index (χ4v) is 2.45. The van der Waals surface area contributed by atoms with Gasteiger partial charge in [-0.05, 0) is 25.5 Å². The van der Waals surface area contributed by atoms with Crippen LogP contribution in [0.4, 0.5) is 5.13 Å². The van der Waals surface area contributed by atoms with Crippen molar-refractivity contribution in [3.63, 3.8) is 0 Å². The lowest BCUT2D eigenvalue weighted by molar-refractivity contribution is -0.136. The number of hydrogen-bond acceptors (Lipinski definition) is 4. The van der Waals surface area contributed by atoms with E-state index in [9.17, 15) is 9.59 Å². The fraction of sp³-hybridized carbons (Fsp3) is 0.214. The predicted octanol–water partition coefficient (Wildman–Crippen LogP) is 2.64. The molecule has 5 nitrogen and oxygen atoms in total. The number of hydrogen-bond donors (Lipinski definition) is 2. The molecule has 0 bridgehead atoms. The summed E-state index contributed by atoms with van der Waals surface area (Å²) < 4.78 is 0. The van der Waals surface area contributed by atoms with Crippen molar-refractivity contribution in [2.45, 2.75) is 20.3 Å². The molecule has 2 rings (SSSR count). The van der Waals surface area contributed by atoms with Crippen LogP contribution in [0.25, 0.3) is 0 Å². The summed E-state index contributed by atoms with van der Waals surface area (Å²) in [7, 11) is 0. The van der Waals surface area contributed by atoms with E-state index in [-0.39, 0.29) is 12.3 Å². The normalized spacial score (nSPS) is 10.3. The summed E-state index contributed by atoms with van der Waals surface area (Å²) in [4.78, 5) is 26.8. The summed E-state index contributed by atoms with van der Waals surface area (Å²) in [5, 5.41) is 13.4. The van der Waals surface area contributed by atoms with Gasteiger partial charge in [-0.1, -0.05) is 17.7 Å². The molecule has 104 valence electrons. The first-order valence-corrected chi connectivity index (χ1v) is 6.88. The van der Waals surface area contributed by atoms with E-state index in [0.29, 0.717) is 16.4 Å². The van der Waals surface area contributed by atoms with Gasteiger partial charge in [-0.3, -0.25) is 14.9 Å². The molecule has 20 heavy (non-hydrogen) atoms. The Morgan fingerprint density at radius 2 is 2.10 bits per heavy atom. The van der Waals surface area contributed by atoms with E-state index in [1.54, 1.807) is 5.38 Å². The summed E-state index contributed by atoms with van der Waals surface area (Å²) >= 11 is 1.22. The predicted molar refractivity (Wildman–Crippen MR) is 77.3 cm³/mol. The third-order valence-corrected chi connectivity index (χ3v) is 3.55. The molecule has 0 aliphatic heterocycles. The van der Waals surface area contributed by atoms with Crippen LogP contribution in [0.1, 0.15) is 27.2 Å². The molecule has 6 heteroatoms. The Labute approximate surface area is 120 Å². The highest BCUT2D eigenvalue weighted by Crippen LogP contribution is 2.18. The summed E-state index contributed by atoms with van der Waals surface area (Å²) in [6, 6.07) is 5.65. The average molecular weight is 290 g/mol. The Morgan fingerprint density at radius 3 is 2.80 bits per heavy atom. The quantitative estimate of drug-likeness (QED) is 0.907. The lowest BCUT2D eigenvalue weighted by Gasteiger charge is -2.06. The molecule has 0 atom stereocenters. The highest BCUT2D eigenvalue weighted by atomic mass is 32.1. The van der Waals surface area contributed by atoms with Gasteiger partial charge >= 0.3 is 5.97 Å². The third kappa shape index (κ3) is 3.42. The lowest BCUT2D eigenvalue weighted by atomic mass is 10.1. The second-order valence-corrected chi connectivity index (χ2v) is 5.35. The maximum Gasteiger partial charge on any atom is 0.309 e. The first kappa shape index (κ1) is 14.2. The number of carboxylic acid groups (broad SMARTS) is 1. The zero-order valence-electron chi connectivity index (χ0n) is 11.1. The number of aryl methyl sites for hydroxylation is 2. The van der Waals surface area contributed by atoms with Gasteiger partial charge in [0, 0.05) is 10.9 Å². The molecule has 1 aromatic heterocycles. The third-order valence-electron chi connectivity index (χ3n) is 2.74. The fourth-order valence-electron chi connectivity index (χ4n) is 1.75. The van der Waals surface area contributed by atoms with Crippen molar-refractivity contribution in [2.75, 3.05) is 5.32 Å². The van der Waals surface area contributed by atoms with E-state index >= 15 is 0 Å². The molecular weight excluding hydrogens is 276 g/mol. The average Bonchev–Trinajstić information content (AvgIpc) is 2.78. The molecule has 0 aliphatic rings. The molecule has 0 radical (unpaired) electrons. The first-order chi connectivity index (χ1) is 9.45. The number of thiazole rings is 1. The topological polar surface area (TPSA) is 79.3 Å². The number of aliphatic carboxylic acids is 1. The van der Waals surface area contributed by atoms with Gasteiger partial charge in [0.25, 0.3) is 5.91 Å². The molecule has 0 saturated heterocycles. The summed E-state index contributed by atoms with van der Waals surface area (Å²) in [5.41, 5.74) is 2.93. The van der Waals surface area contributed by atoms with E-state index < -0.39 is 5.97 Å². The molecule has 1 amide bonds. The van der Waals surface area contributed by atoms with Crippen LogP contribution in [0.3, 0.4) is 0 Å². The Morgan fingerprint density at radius 1 is 1.35 bits per heavy atom. The number of anilines is 1. The minimum Gasteiger partial charge on any atom is -0.481 e. The van der Waals surface area contributed by atoms with Crippen LogP contribution in [0.5, 0.6) is 0 Å². The molecule has 0 aliphatic carbocycles. The maximum atomic E-state index is 12.2. The minimum atomic E-state index is -0.942. The summed E-state index contributed by atoms with van der Waals surface area (Å²) in [6.45, 7) is 3.79. The molecule has 0 fully saturated rings. The summed E-state index contributed by atoms with van der Waals surface area (Å²) in [6.07, 6.45) is -0.143. The van der Waals surface area contributed by atoms with Gasteiger partial charge in [0.05, 0.1) is 12.1 Å². The largest absolute Gasteiger partial charge is 0.481 e. The van der Waals surface area contributed by atoms with Crippen LogP contribution in [0, 0.1) is 13.8 Å². The number of nitrogens with zero attached hydrogens (tertiary/aromatic N) is 1. The number of nitrogens with one attached hydrogen (secondary N) is 1. The molecule has 0 spiro atoms. The molecule has 2 aromatic rings. The van der Waals surface area contributed by atoms with Crippen molar-refractivity contribution in [1.29, 1.82) is 0 Å². The van der Waals surface area contributed by atoms with Gasteiger partial charge in [0.1, 0.15) is 0 Å². The number of aromatic nitrogens is 1. The number of carboxylic acids is 1. The Balaban J connectivity index is 2.13. The number of carbonyl (C=O) groups excluding carboxylic acids is 1. The highest BCUT2D eigenvalue weighted by molar-refractivity contribution is 7.14. The van der Waals surface area contributed by atoms with E-state index in [2.05, 4.69) is 10.3 Å². The summed E-state index contributed by atoms with van der Waals surface area (Å²) in [5.74, 6) is -1.18. The standard InChI is InChI=1S/C14H14N2O3S/c1-8-3-4-9(2)11(5-8)13(19)16-14-15-10(7-20-14)6-12(17)18/h3-5,7H,6H2,1-2H3,(H,17,18)(H,15,16,19). The molecule has 1 aromatic carbocycles. The second kappa shape index (κ2) is 5.83. The Bertz CT molecular complexity index is 664. The smallest absolute Gasteiger partial charge is 0.309 e. The van der Waals surface area contributed by atoms with Gasteiger partial charge in [-0.15, -0.1) is 11.3 Å². The zero-order chi connectivity index (χ0) is 14.7. The zero-order valence-corrected chi connectivity index (χ0v) is 12.0. The van der Waals surface area contributed by atoms with Crippen molar-refractivity contribution in [3.8, 4) is 0 Å². The van der Waals surface area contributed by atoms with Crippen molar-refractivity contribution in [3.05, 3.63) is 46.0 Å². The maximum absolute atomic E-state index is 12.2. The Hall–Kier alpha value is -2.21. The van der Waals surface area contributed by atoms with Gasteiger partial charge < -0.3 is 5.11 Å². The number of amides is 1. The van der Waals surface area contributed by atoms with Crippen LogP contribution in [0.2, 0.25) is 0 Å². The molecule has 1 heterocycles. The molecule has 0 saturated carbocycles. The van der Waals surface area contributed by atoms with E-state index in [1.807, 2.05) is 32.0 Å². The van der Waals surface area contributed by atoms with E-state index in [4.69, 9.17) is 5.11 Å². The second-order valence-electron chi connectivity index (χ2n) is 4.49. The molecular formula is C14H14N2O3S. The van der Waals surface area contributed by atoms with Crippen molar-refractivity contribution < 1.29 is 14.7 Å². The van der Waals surface area contributed by atoms with E-state index in [0.717, 1.165) is 11.1 Å². The van der Waals surface area contributed by atoms with Crippen LogP contribution < -0.4 is 5.32 Å². The molecule has 2 N–H and O–H groups in total. The van der Waals surface area contributed by atoms with Crippen molar-refractivity contribution in [2.24, 2.45) is 0 Å². The number of carbonyl (C=O) groups is 2. The van der Waals surface area contributed by atoms with Crippen LogP contribution in [0.15, 0.2) is 23.6 Å². The van der Waals surface area contributed by atoms with Gasteiger partial charge in [0.2, 0.25) is 0 Å².